The number of aromatic nitrogens is 1. The zero-order valence-electron chi connectivity index (χ0n) is 12.4. The Labute approximate surface area is 128 Å². The van der Waals surface area contributed by atoms with Crippen molar-refractivity contribution in [3.63, 3.8) is 0 Å². The summed E-state index contributed by atoms with van der Waals surface area (Å²) in [6.07, 6.45) is 1.80. The number of thiazole rings is 1. The van der Waals surface area contributed by atoms with Gasteiger partial charge < -0.3 is 15.4 Å². The van der Waals surface area contributed by atoms with Gasteiger partial charge in [-0.2, -0.15) is 0 Å². The molecule has 2 rings (SSSR count). The van der Waals surface area contributed by atoms with Crippen molar-refractivity contribution >= 4 is 22.9 Å². The minimum Gasteiger partial charge on any atom is -0.492 e. The summed E-state index contributed by atoms with van der Waals surface area (Å²) >= 11 is 1.59. The van der Waals surface area contributed by atoms with E-state index in [1.165, 1.54) is 0 Å². The third kappa shape index (κ3) is 3.72. The number of hydrogen-bond donors (Lipinski definition) is 1. The number of amides is 1. The third-order valence-electron chi connectivity index (χ3n) is 2.97. The quantitative estimate of drug-likeness (QED) is 0.862. The normalized spacial score (nSPS) is 10.4. The molecule has 0 saturated heterocycles. The highest BCUT2D eigenvalue weighted by Gasteiger charge is 2.14. The second-order valence-corrected chi connectivity index (χ2v) is 6.01. The molecule has 5 nitrogen and oxygen atoms in total. The number of rotatable bonds is 5. The van der Waals surface area contributed by atoms with Crippen LogP contribution < -0.4 is 10.5 Å². The predicted octanol–water partition coefficient (Wildman–Crippen LogP) is 2.70. The number of nitrogen functional groups attached to an aromatic ring is 1. The molecule has 21 heavy (non-hydrogen) atoms. The van der Waals surface area contributed by atoms with Gasteiger partial charge in [0.15, 0.2) is 0 Å². The second-order valence-electron chi connectivity index (χ2n) is 4.69. The molecule has 1 heterocycles. The van der Waals surface area contributed by atoms with E-state index in [1.54, 1.807) is 47.7 Å². The molecular formula is C15H19N3O2S. The van der Waals surface area contributed by atoms with Crippen LogP contribution in [0.5, 0.6) is 5.75 Å². The lowest BCUT2D eigenvalue weighted by molar-refractivity contribution is 0.0786. The number of hydrogen-bond acceptors (Lipinski definition) is 5. The fourth-order valence-corrected chi connectivity index (χ4v) is 2.82. The molecule has 0 bridgehead atoms. The predicted molar refractivity (Wildman–Crippen MR) is 84.7 cm³/mol. The average Bonchev–Trinajstić information content (AvgIpc) is 2.85. The molecule has 0 spiro atoms. The van der Waals surface area contributed by atoms with E-state index in [2.05, 4.69) is 4.98 Å². The lowest BCUT2D eigenvalue weighted by Crippen LogP contribution is -2.25. The van der Waals surface area contributed by atoms with Crippen LogP contribution in [0.1, 0.15) is 27.2 Å². The van der Waals surface area contributed by atoms with Crippen LogP contribution in [0.2, 0.25) is 0 Å². The summed E-state index contributed by atoms with van der Waals surface area (Å²) in [5, 5.41) is 0.996. The van der Waals surface area contributed by atoms with Gasteiger partial charge in [0.1, 0.15) is 5.75 Å². The Balaban J connectivity index is 2.10. The zero-order valence-corrected chi connectivity index (χ0v) is 13.2. The molecule has 0 aliphatic rings. The van der Waals surface area contributed by atoms with Crippen molar-refractivity contribution in [1.29, 1.82) is 0 Å². The summed E-state index contributed by atoms with van der Waals surface area (Å²) in [6.45, 7) is 4.92. The molecule has 0 atom stereocenters. The first-order valence-corrected chi connectivity index (χ1v) is 7.52. The van der Waals surface area contributed by atoms with Gasteiger partial charge in [-0.3, -0.25) is 4.79 Å². The topological polar surface area (TPSA) is 68.5 Å². The molecule has 0 saturated carbocycles. The number of carbonyl (C=O) groups excluding carboxylic acids is 1. The molecule has 112 valence electrons. The molecule has 0 aliphatic heterocycles. The number of ether oxygens (including phenoxy) is 1. The van der Waals surface area contributed by atoms with Crippen LogP contribution in [0.4, 0.5) is 5.69 Å². The molecule has 0 unspecified atom stereocenters. The summed E-state index contributed by atoms with van der Waals surface area (Å²) in [5.74, 6) is 0.533. The Morgan fingerprint density at radius 3 is 2.81 bits per heavy atom. The summed E-state index contributed by atoms with van der Waals surface area (Å²) in [4.78, 5) is 19.3. The SMILES string of the molecule is CCOc1ccc(C(=O)N(C)Cc2cnc(C)s2)cc1N. The van der Waals surface area contributed by atoms with Crippen LogP contribution in [0.3, 0.4) is 0 Å². The molecule has 6 heteroatoms. The van der Waals surface area contributed by atoms with E-state index < -0.39 is 0 Å². The third-order valence-corrected chi connectivity index (χ3v) is 3.86. The van der Waals surface area contributed by atoms with Gasteiger partial charge in [-0.05, 0) is 32.0 Å². The standard InChI is InChI=1S/C15H19N3O2S/c1-4-20-14-6-5-11(7-13(14)16)15(19)18(3)9-12-8-17-10(2)21-12/h5-8H,4,9,16H2,1-3H3. The van der Waals surface area contributed by atoms with Gasteiger partial charge in [0.2, 0.25) is 0 Å². The fourth-order valence-electron chi connectivity index (χ4n) is 1.97. The van der Waals surface area contributed by atoms with Crippen LogP contribution in [0.25, 0.3) is 0 Å². The van der Waals surface area contributed by atoms with Gasteiger partial charge in [-0.25, -0.2) is 4.98 Å². The highest BCUT2D eigenvalue weighted by molar-refractivity contribution is 7.11. The lowest BCUT2D eigenvalue weighted by Gasteiger charge is -2.17. The van der Waals surface area contributed by atoms with Crippen molar-refractivity contribution in [2.45, 2.75) is 20.4 Å². The number of carbonyl (C=O) groups is 1. The Kier molecular flexibility index (Phi) is 4.80. The molecule has 1 aromatic carbocycles. The lowest BCUT2D eigenvalue weighted by atomic mass is 10.1. The van der Waals surface area contributed by atoms with Crippen molar-refractivity contribution < 1.29 is 9.53 Å². The summed E-state index contributed by atoms with van der Waals surface area (Å²) in [7, 11) is 1.77. The molecular weight excluding hydrogens is 286 g/mol. The van der Waals surface area contributed by atoms with Gasteiger partial charge >= 0.3 is 0 Å². The molecule has 1 aromatic heterocycles. The summed E-state index contributed by atoms with van der Waals surface area (Å²) in [5.41, 5.74) is 6.93. The van der Waals surface area contributed by atoms with E-state index in [0.29, 0.717) is 30.2 Å². The van der Waals surface area contributed by atoms with Crippen molar-refractivity contribution in [3.05, 3.63) is 39.8 Å². The first-order valence-electron chi connectivity index (χ1n) is 6.70. The largest absolute Gasteiger partial charge is 0.492 e. The van der Waals surface area contributed by atoms with Crippen LogP contribution in [0, 0.1) is 6.92 Å². The maximum Gasteiger partial charge on any atom is 0.254 e. The first-order chi connectivity index (χ1) is 10.0. The first kappa shape index (κ1) is 15.3. The number of anilines is 1. The number of nitrogens with zero attached hydrogens (tertiary/aromatic N) is 2. The molecule has 0 radical (unpaired) electrons. The van der Waals surface area contributed by atoms with Crippen LogP contribution in [-0.4, -0.2) is 29.4 Å². The van der Waals surface area contributed by atoms with Crippen LogP contribution >= 0.6 is 11.3 Å². The van der Waals surface area contributed by atoms with Gasteiger partial charge in [0.25, 0.3) is 5.91 Å². The zero-order chi connectivity index (χ0) is 15.4. The van der Waals surface area contributed by atoms with E-state index in [0.717, 1.165) is 9.88 Å². The molecule has 0 aliphatic carbocycles. The molecule has 1 amide bonds. The number of benzene rings is 1. The average molecular weight is 305 g/mol. The van der Waals surface area contributed by atoms with Gasteiger partial charge in [-0.15, -0.1) is 11.3 Å². The molecule has 2 aromatic rings. The molecule has 0 fully saturated rings. The van der Waals surface area contributed by atoms with E-state index in [-0.39, 0.29) is 5.91 Å². The summed E-state index contributed by atoms with van der Waals surface area (Å²) < 4.78 is 5.37. The van der Waals surface area contributed by atoms with E-state index in [4.69, 9.17) is 10.5 Å². The van der Waals surface area contributed by atoms with Gasteiger partial charge in [-0.1, -0.05) is 0 Å². The fraction of sp³-hybridized carbons (Fsp3) is 0.333. The number of nitrogens with two attached hydrogens (primary N) is 1. The Bertz CT molecular complexity index is 640. The van der Waals surface area contributed by atoms with Gasteiger partial charge in [0, 0.05) is 23.7 Å². The van der Waals surface area contributed by atoms with Crippen molar-refractivity contribution in [2.24, 2.45) is 0 Å². The Hall–Kier alpha value is -2.08. The van der Waals surface area contributed by atoms with Gasteiger partial charge in [0.05, 0.1) is 23.8 Å². The van der Waals surface area contributed by atoms with E-state index in [1.807, 2.05) is 13.8 Å². The minimum absolute atomic E-state index is 0.0733. The van der Waals surface area contributed by atoms with Crippen molar-refractivity contribution in [3.8, 4) is 5.75 Å². The molecule has 2 N–H and O–H groups in total. The summed E-state index contributed by atoms with van der Waals surface area (Å²) in [6, 6.07) is 5.12. The second kappa shape index (κ2) is 6.58. The monoisotopic (exact) mass is 305 g/mol. The van der Waals surface area contributed by atoms with Crippen LogP contribution in [0.15, 0.2) is 24.4 Å². The number of aryl methyl sites for hydroxylation is 1. The Morgan fingerprint density at radius 1 is 1.48 bits per heavy atom. The minimum atomic E-state index is -0.0733. The Morgan fingerprint density at radius 2 is 2.24 bits per heavy atom. The maximum absolute atomic E-state index is 12.4. The maximum atomic E-state index is 12.4. The highest BCUT2D eigenvalue weighted by Crippen LogP contribution is 2.23. The van der Waals surface area contributed by atoms with E-state index >= 15 is 0 Å². The highest BCUT2D eigenvalue weighted by atomic mass is 32.1. The van der Waals surface area contributed by atoms with Crippen LogP contribution in [-0.2, 0) is 6.54 Å². The van der Waals surface area contributed by atoms with E-state index in [9.17, 15) is 4.79 Å². The smallest absolute Gasteiger partial charge is 0.254 e. The van der Waals surface area contributed by atoms with Crippen molar-refractivity contribution in [1.82, 2.24) is 9.88 Å². The van der Waals surface area contributed by atoms with Crippen molar-refractivity contribution in [2.75, 3.05) is 19.4 Å².